The number of halogens is 1. The van der Waals surface area contributed by atoms with Crippen LogP contribution in [0.25, 0.3) is 0 Å². The van der Waals surface area contributed by atoms with Gasteiger partial charge in [-0.3, -0.25) is 4.79 Å². The number of hydrogen-bond acceptors (Lipinski definition) is 3. The summed E-state index contributed by atoms with van der Waals surface area (Å²) in [6.07, 6.45) is 6.33. The van der Waals surface area contributed by atoms with Gasteiger partial charge >= 0.3 is 0 Å². The molecule has 1 aromatic carbocycles. The molecule has 4 rings (SSSR count). The van der Waals surface area contributed by atoms with Crippen LogP contribution in [0.5, 0.6) is 0 Å². The summed E-state index contributed by atoms with van der Waals surface area (Å²) in [5.41, 5.74) is 2.02. The first-order valence-corrected chi connectivity index (χ1v) is 10.4. The zero-order chi connectivity index (χ0) is 18.3. The average Bonchev–Trinajstić information content (AvgIpc) is 2.94. The third kappa shape index (κ3) is 3.22. The maximum absolute atomic E-state index is 13.4. The van der Waals surface area contributed by atoms with Crippen LogP contribution in [0.3, 0.4) is 0 Å². The SMILES string of the molecule is Cc1ccc(Cl)c(N2CCC[C@]3(CCN(C4CCC(O)CC4)C3=O)C2)c1. The predicted molar refractivity (Wildman–Crippen MR) is 105 cm³/mol. The third-order valence-corrected chi connectivity index (χ3v) is 6.99. The highest BCUT2D eigenvalue weighted by Crippen LogP contribution is 2.44. The molecule has 5 heteroatoms. The van der Waals surface area contributed by atoms with Crippen LogP contribution in [0, 0.1) is 12.3 Å². The first-order valence-electron chi connectivity index (χ1n) is 9.99. The Bertz CT molecular complexity index is 687. The predicted octanol–water partition coefficient (Wildman–Crippen LogP) is 3.77. The van der Waals surface area contributed by atoms with Crippen molar-refractivity contribution in [1.82, 2.24) is 4.90 Å². The normalized spacial score (nSPS) is 32.5. The van der Waals surface area contributed by atoms with Crippen LogP contribution in [0.2, 0.25) is 5.02 Å². The maximum Gasteiger partial charge on any atom is 0.230 e. The van der Waals surface area contributed by atoms with E-state index in [-0.39, 0.29) is 11.5 Å². The minimum absolute atomic E-state index is 0.174. The summed E-state index contributed by atoms with van der Waals surface area (Å²) >= 11 is 6.46. The second-order valence-corrected chi connectivity index (χ2v) is 8.88. The van der Waals surface area contributed by atoms with Gasteiger partial charge < -0.3 is 14.9 Å². The van der Waals surface area contributed by atoms with Crippen molar-refractivity contribution in [3.63, 3.8) is 0 Å². The molecular weight excluding hydrogens is 348 g/mol. The van der Waals surface area contributed by atoms with Crippen molar-refractivity contribution in [2.75, 3.05) is 24.5 Å². The molecular formula is C21H29ClN2O2. The number of likely N-dealkylation sites (tertiary alicyclic amines) is 1. The van der Waals surface area contributed by atoms with Gasteiger partial charge in [0.2, 0.25) is 5.91 Å². The molecule has 1 aliphatic carbocycles. The maximum atomic E-state index is 13.4. The highest BCUT2D eigenvalue weighted by molar-refractivity contribution is 6.33. The molecule has 1 atom stereocenters. The van der Waals surface area contributed by atoms with Gasteiger partial charge in [0.15, 0.2) is 0 Å². The van der Waals surface area contributed by atoms with Crippen molar-refractivity contribution in [2.24, 2.45) is 5.41 Å². The van der Waals surface area contributed by atoms with Crippen LogP contribution >= 0.6 is 11.6 Å². The highest BCUT2D eigenvalue weighted by atomic mass is 35.5. The summed E-state index contributed by atoms with van der Waals surface area (Å²) < 4.78 is 0. The molecule has 0 radical (unpaired) electrons. The van der Waals surface area contributed by atoms with Gasteiger partial charge in [0.25, 0.3) is 0 Å². The van der Waals surface area contributed by atoms with E-state index in [1.807, 2.05) is 12.1 Å². The van der Waals surface area contributed by atoms with E-state index in [1.165, 1.54) is 5.56 Å². The molecule has 2 aliphatic heterocycles. The zero-order valence-corrected chi connectivity index (χ0v) is 16.3. The minimum Gasteiger partial charge on any atom is -0.393 e. The number of nitrogens with zero attached hydrogens (tertiary/aromatic N) is 2. The summed E-state index contributed by atoms with van der Waals surface area (Å²) in [5, 5.41) is 10.5. The Morgan fingerprint density at radius 3 is 2.69 bits per heavy atom. The minimum atomic E-state index is -0.249. The smallest absolute Gasteiger partial charge is 0.230 e. The second-order valence-electron chi connectivity index (χ2n) is 8.47. The number of aryl methyl sites for hydroxylation is 1. The summed E-state index contributed by atoms with van der Waals surface area (Å²) in [4.78, 5) is 17.9. The van der Waals surface area contributed by atoms with Crippen LogP contribution < -0.4 is 4.90 Å². The molecule has 0 unspecified atom stereocenters. The Morgan fingerprint density at radius 1 is 1.15 bits per heavy atom. The van der Waals surface area contributed by atoms with Gasteiger partial charge in [-0.25, -0.2) is 0 Å². The molecule has 1 aromatic rings. The lowest BCUT2D eigenvalue weighted by atomic mass is 9.78. The number of aliphatic hydroxyl groups is 1. The molecule has 3 fully saturated rings. The van der Waals surface area contributed by atoms with Crippen molar-refractivity contribution in [3.8, 4) is 0 Å². The molecule has 1 spiro atoms. The Hall–Kier alpha value is -1.26. The quantitative estimate of drug-likeness (QED) is 0.854. The van der Waals surface area contributed by atoms with E-state index in [1.54, 1.807) is 0 Å². The molecule has 2 saturated heterocycles. The fourth-order valence-electron chi connectivity index (χ4n) is 5.15. The fraction of sp³-hybridized carbons (Fsp3) is 0.667. The number of piperidine rings is 1. The third-order valence-electron chi connectivity index (χ3n) is 6.67. The van der Waals surface area contributed by atoms with Crippen LogP contribution in [0.4, 0.5) is 5.69 Å². The molecule has 1 N–H and O–H groups in total. The standard InChI is InChI=1S/C21H29ClN2O2/c1-15-3-8-18(22)19(13-15)23-11-2-9-21(14-23)10-12-24(20(21)26)16-4-6-17(25)7-5-16/h3,8,13,16-17,25H,2,4-7,9-12,14H2,1H3/t16?,17?,21-/m0/s1. The molecule has 2 heterocycles. The second kappa shape index (κ2) is 7.05. The Morgan fingerprint density at radius 2 is 1.92 bits per heavy atom. The lowest BCUT2D eigenvalue weighted by Gasteiger charge is -2.41. The van der Waals surface area contributed by atoms with Crippen LogP contribution in [-0.2, 0) is 4.79 Å². The first-order chi connectivity index (χ1) is 12.5. The Labute approximate surface area is 161 Å². The van der Waals surface area contributed by atoms with Gasteiger partial charge in [-0.1, -0.05) is 17.7 Å². The summed E-state index contributed by atoms with van der Waals surface area (Å²) in [6.45, 7) is 4.70. The molecule has 3 aliphatic rings. The fourth-order valence-corrected chi connectivity index (χ4v) is 5.38. The van der Waals surface area contributed by atoms with Gasteiger partial charge in [-0.2, -0.15) is 0 Å². The average molecular weight is 377 g/mol. The van der Waals surface area contributed by atoms with E-state index in [9.17, 15) is 9.90 Å². The molecule has 142 valence electrons. The highest BCUT2D eigenvalue weighted by Gasteiger charge is 2.50. The van der Waals surface area contributed by atoms with Crippen molar-refractivity contribution >= 4 is 23.2 Å². The van der Waals surface area contributed by atoms with Gasteiger partial charge in [-0.05, 0) is 69.6 Å². The molecule has 0 bridgehead atoms. The van der Waals surface area contributed by atoms with Gasteiger partial charge in [-0.15, -0.1) is 0 Å². The molecule has 1 amide bonds. The number of anilines is 1. The van der Waals surface area contributed by atoms with E-state index in [2.05, 4.69) is 22.8 Å². The zero-order valence-electron chi connectivity index (χ0n) is 15.6. The van der Waals surface area contributed by atoms with Crippen molar-refractivity contribution in [1.29, 1.82) is 0 Å². The number of aliphatic hydroxyl groups excluding tert-OH is 1. The number of carbonyl (C=O) groups is 1. The van der Waals surface area contributed by atoms with E-state index >= 15 is 0 Å². The van der Waals surface area contributed by atoms with Gasteiger partial charge in [0.05, 0.1) is 22.2 Å². The lowest BCUT2D eigenvalue weighted by molar-refractivity contribution is -0.139. The van der Waals surface area contributed by atoms with Gasteiger partial charge in [0, 0.05) is 25.7 Å². The van der Waals surface area contributed by atoms with E-state index < -0.39 is 0 Å². The Kier molecular flexibility index (Phi) is 4.91. The van der Waals surface area contributed by atoms with E-state index in [0.717, 1.165) is 75.3 Å². The first kappa shape index (κ1) is 18.1. The molecule has 26 heavy (non-hydrogen) atoms. The number of rotatable bonds is 2. The number of carbonyl (C=O) groups excluding carboxylic acids is 1. The van der Waals surface area contributed by atoms with Gasteiger partial charge in [0.1, 0.15) is 0 Å². The molecule has 0 aromatic heterocycles. The van der Waals surface area contributed by atoms with Crippen molar-refractivity contribution in [3.05, 3.63) is 28.8 Å². The monoisotopic (exact) mass is 376 g/mol. The van der Waals surface area contributed by atoms with Crippen molar-refractivity contribution in [2.45, 2.75) is 64.0 Å². The van der Waals surface area contributed by atoms with E-state index in [4.69, 9.17) is 11.6 Å². The number of hydrogen-bond donors (Lipinski definition) is 1. The molecule has 1 saturated carbocycles. The summed E-state index contributed by atoms with van der Waals surface area (Å²) in [5.74, 6) is 0.340. The summed E-state index contributed by atoms with van der Waals surface area (Å²) in [6, 6.07) is 6.46. The Balaban J connectivity index is 1.51. The summed E-state index contributed by atoms with van der Waals surface area (Å²) in [7, 11) is 0. The van der Waals surface area contributed by atoms with E-state index in [0.29, 0.717) is 11.9 Å². The topological polar surface area (TPSA) is 43.8 Å². The van der Waals surface area contributed by atoms with Crippen LogP contribution in [0.1, 0.15) is 50.5 Å². The van der Waals surface area contributed by atoms with Crippen molar-refractivity contribution < 1.29 is 9.90 Å². The lowest BCUT2D eigenvalue weighted by Crippen LogP contribution is -2.50. The van der Waals surface area contributed by atoms with Crippen LogP contribution in [0.15, 0.2) is 18.2 Å². The number of benzene rings is 1. The largest absolute Gasteiger partial charge is 0.393 e. The number of amides is 1. The van der Waals surface area contributed by atoms with Crippen LogP contribution in [-0.4, -0.2) is 47.7 Å². The molecule has 4 nitrogen and oxygen atoms in total.